The van der Waals surface area contributed by atoms with E-state index in [0.717, 1.165) is 36.0 Å². The molecule has 4 rings (SSSR count). The number of allylic oxidation sites excluding steroid dienone is 2. The highest BCUT2D eigenvalue weighted by molar-refractivity contribution is 6.25. The third-order valence-corrected chi connectivity index (χ3v) is 5.80. The Morgan fingerprint density at radius 2 is 1.57 bits per heavy atom. The number of fused-ring (bicyclic) bond motifs is 5. The van der Waals surface area contributed by atoms with Crippen LogP contribution in [0, 0.1) is 37.5 Å². The molecule has 110 valence electrons. The second-order valence-corrected chi connectivity index (χ2v) is 6.96. The first-order valence-electron chi connectivity index (χ1n) is 7.77. The van der Waals surface area contributed by atoms with Crippen LogP contribution < -0.4 is 0 Å². The Bertz CT molecular complexity index is 663. The summed E-state index contributed by atoms with van der Waals surface area (Å²) in [6.07, 6.45) is 3.38. The second kappa shape index (κ2) is 4.12. The van der Waals surface area contributed by atoms with Crippen molar-refractivity contribution in [1.82, 2.24) is 0 Å². The highest BCUT2D eigenvalue weighted by Gasteiger charge is 2.57. The van der Waals surface area contributed by atoms with Crippen LogP contribution in [0.1, 0.15) is 36.0 Å². The maximum Gasteiger partial charge on any atom is 0.170 e. The van der Waals surface area contributed by atoms with Crippen LogP contribution in [0.15, 0.2) is 17.9 Å². The number of hydrogen-bond donors (Lipinski definition) is 2. The fourth-order valence-corrected chi connectivity index (χ4v) is 5.11. The van der Waals surface area contributed by atoms with Gasteiger partial charge in [0.2, 0.25) is 0 Å². The van der Waals surface area contributed by atoms with Gasteiger partial charge < -0.3 is 10.2 Å². The molecule has 2 saturated carbocycles. The monoisotopic (exact) mass is 284 g/mol. The largest absolute Gasteiger partial charge is 0.511 e. The molecule has 0 heterocycles. The third kappa shape index (κ3) is 1.57. The number of aryl methyl sites for hydroxylation is 2. The summed E-state index contributed by atoms with van der Waals surface area (Å²) in [5.74, 6) is 1.66. The molecule has 0 radical (unpaired) electrons. The maximum absolute atomic E-state index is 12.9. The average Bonchev–Trinajstić information content (AvgIpc) is 3.06. The number of phenols is 1. The Morgan fingerprint density at radius 3 is 2.14 bits per heavy atom. The number of aliphatic hydroxyl groups is 1. The second-order valence-electron chi connectivity index (χ2n) is 6.96. The van der Waals surface area contributed by atoms with Gasteiger partial charge in [-0.1, -0.05) is 0 Å². The number of carbonyl (C=O) groups is 1. The number of carbonyl (C=O) groups excluding carboxylic acids is 1. The van der Waals surface area contributed by atoms with Crippen LogP contribution in [0.2, 0.25) is 0 Å². The van der Waals surface area contributed by atoms with Gasteiger partial charge in [-0.05, 0) is 73.8 Å². The Hall–Kier alpha value is -1.77. The van der Waals surface area contributed by atoms with Gasteiger partial charge in [0.05, 0.1) is 5.57 Å². The number of benzene rings is 1. The topological polar surface area (TPSA) is 57.5 Å². The fourth-order valence-electron chi connectivity index (χ4n) is 5.11. The lowest BCUT2D eigenvalue weighted by Gasteiger charge is -2.23. The fraction of sp³-hybridized carbons (Fsp3) is 0.500. The van der Waals surface area contributed by atoms with Crippen LogP contribution in [-0.4, -0.2) is 16.0 Å². The van der Waals surface area contributed by atoms with Crippen LogP contribution in [-0.2, 0) is 4.79 Å². The van der Waals surface area contributed by atoms with Crippen LogP contribution in [0.5, 0.6) is 5.75 Å². The average molecular weight is 284 g/mol. The van der Waals surface area contributed by atoms with Crippen LogP contribution in [0.25, 0.3) is 5.57 Å². The van der Waals surface area contributed by atoms with Gasteiger partial charge in [-0.15, -0.1) is 0 Å². The van der Waals surface area contributed by atoms with Gasteiger partial charge in [-0.3, -0.25) is 4.79 Å². The molecule has 0 amide bonds. The summed E-state index contributed by atoms with van der Waals surface area (Å²) in [5.41, 5.74) is 3.06. The van der Waals surface area contributed by atoms with Crippen LogP contribution >= 0.6 is 0 Å². The molecule has 3 nitrogen and oxygen atoms in total. The first kappa shape index (κ1) is 12.9. The minimum absolute atomic E-state index is 0.00588. The summed E-state index contributed by atoms with van der Waals surface area (Å²) in [6.45, 7) is 3.77. The molecule has 2 bridgehead atoms. The Morgan fingerprint density at radius 1 is 1.00 bits per heavy atom. The van der Waals surface area contributed by atoms with E-state index in [-0.39, 0.29) is 23.4 Å². The molecular weight excluding hydrogens is 264 g/mol. The molecule has 3 aliphatic rings. The van der Waals surface area contributed by atoms with Crippen molar-refractivity contribution >= 4 is 11.4 Å². The number of Topliss-reactive ketones (excluding diaryl/α,β-unsaturated/α-hetero) is 1. The predicted molar refractivity (Wildman–Crippen MR) is 79.9 cm³/mol. The van der Waals surface area contributed by atoms with Gasteiger partial charge in [0, 0.05) is 11.8 Å². The summed E-state index contributed by atoms with van der Waals surface area (Å²) in [7, 11) is 0. The number of aliphatic hydroxyl groups excluding tert-OH is 1. The van der Waals surface area contributed by atoms with Crippen molar-refractivity contribution in [2.45, 2.75) is 33.1 Å². The highest BCUT2D eigenvalue weighted by atomic mass is 16.3. The summed E-state index contributed by atoms with van der Waals surface area (Å²) in [4.78, 5) is 12.9. The molecular formula is C18H20O3. The molecule has 2 fully saturated rings. The van der Waals surface area contributed by atoms with E-state index in [2.05, 4.69) is 0 Å². The number of rotatable bonds is 1. The van der Waals surface area contributed by atoms with Crippen molar-refractivity contribution < 1.29 is 15.0 Å². The van der Waals surface area contributed by atoms with E-state index >= 15 is 0 Å². The highest BCUT2D eigenvalue weighted by Crippen LogP contribution is 2.60. The zero-order valence-electron chi connectivity index (χ0n) is 12.4. The summed E-state index contributed by atoms with van der Waals surface area (Å²) < 4.78 is 0. The van der Waals surface area contributed by atoms with Gasteiger partial charge in [0.25, 0.3) is 0 Å². The molecule has 0 aromatic heterocycles. The number of aromatic hydroxyl groups is 1. The van der Waals surface area contributed by atoms with Crippen molar-refractivity contribution in [2.24, 2.45) is 23.7 Å². The Labute approximate surface area is 124 Å². The smallest absolute Gasteiger partial charge is 0.170 e. The summed E-state index contributed by atoms with van der Waals surface area (Å²) >= 11 is 0. The van der Waals surface area contributed by atoms with E-state index in [0.29, 0.717) is 23.2 Å². The number of ketones is 1. The van der Waals surface area contributed by atoms with Gasteiger partial charge in [-0.2, -0.15) is 0 Å². The zero-order chi connectivity index (χ0) is 14.9. The zero-order valence-corrected chi connectivity index (χ0v) is 12.4. The molecule has 0 spiro atoms. The molecule has 3 aliphatic carbocycles. The third-order valence-electron chi connectivity index (χ3n) is 5.80. The van der Waals surface area contributed by atoms with Gasteiger partial charge in [0.15, 0.2) is 5.78 Å². The molecule has 0 aliphatic heterocycles. The normalized spacial score (nSPS) is 33.9. The minimum atomic E-state index is 0.00588. The van der Waals surface area contributed by atoms with Crippen molar-refractivity contribution in [3.8, 4) is 5.75 Å². The lowest BCUT2D eigenvalue weighted by atomic mass is 9.80. The number of hydrogen-bond acceptors (Lipinski definition) is 3. The van der Waals surface area contributed by atoms with E-state index < -0.39 is 0 Å². The molecule has 3 heteroatoms. The lowest BCUT2D eigenvalue weighted by molar-refractivity contribution is -0.118. The Kier molecular flexibility index (Phi) is 2.54. The van der Waals surface area contributed by atoms with Crippen molar-refractivity contribution in [1.29, 1.82) is 0 Å². The van der Waals surface area contributed by atoms with Gasteiger partial charge in [-0.25, -0.2) is 0 Å². The van der Waals surface area contributed by atoms with Crippen molar-refractivity contribution in [3.63, 3.8) is 0 Å². The van der Waals surface area contributed by atoms with E-state index in [1.54, 1.807) is 12.1 Å². The summed E-state index contributed by atoms with van der Waals surface area (Å²) in [5, 5.41) is 20.4. The van der Waals surface area contributed by atoms with Crippen molar-refractivity contribution in [2.75, 3.05) is 0 Å². The Balaban J connectivity index is 1.88. The van der Waals surface area contributed by atoms with E-state index in [1.807, 2.05) is 13.8 Å². The molecule has 4 unspecified atom stereocenters. The van der Waals surface area contributed by atoms with Crippen LogP contribution in [0.4, 0.5) is 0 Å². The van der Waals surface area contributed by atoms with E-state index in [9.17, 15) is 15.0 Å². The molecule has 1 aromatic rings. The maximum atomic E-state index is 12.9. The SMILES string of the molecule is Cc1cc(O)cc(C)c1C1=C(O)C2C3CCC(C3)C2C1=O. The molecule has 4 atom stereocenters. The standard InChI is InChI=1S/C18H20O3/c1-8-5-12(19)6-9(2)13(8)16-17(20)14-10-3-4-11(7-10)15(14)18(16)21/h5-6,10-11,14-15,19-20H,3-4,7H2,1-2H3. The molecule has 21 heavy (non-hydrogen) atoms. The summed E-state index contributed by atoms with van der Waals surface area (Å²) in [6, 6.07) is 3.33. The number of phenolic OH excluding ortho intramolecular Hbond substituents is 1. The molecule has 1 aromatic carbocycles. The predicted octanol–water partition coefficient (Wildman–Crippen LogP) is 3.52. The van der Waals surface area contributed by atoms with Crippen molar-refractivity contribution in [3.05, 3.63) is 34.6 Å². The first-order chi connectivity index (χ1) is 9.99. The van der Waals surface area contributed by atoms with Crippen LogP contribution in [0.3, 0.4) is 0 Å². The van der Waals surface area contributed by atoms with E-state index in [1.165, 1.54) is 0 Å². The van der Waals surface area contributed by atoms with Gasteiger partial charge >= 0.3 is 0 Å². The first-order valence-corrected chi connectivity index (χ1v) is 7.77. The quantitative estimate of drug-likeness (QED) is 0.829. The minimum Gasteiger partial charge on any atom is -0.511 e. The van der Waals surface area contributed by atoms with E-state index in [4.69, 9.17) is 0 Å². The molecule has 2 N–H and O–H groups in total. The lowest BCUT2D eigenvalue weighted by Crippen LogP contribution is -2.24. The molecule has 0 saturated heterocycles. The van der Waals surface area contributed by atoms with Gasteiger partial charge in [0.1, 0.15) is 11.5 Å².